The highest BCUT2D eigenvalue weighted by Gasteiger charge is 2.37. The summed E-state index contributed by atoms with van der Waals surface area (Å²) in [6, 6.07) is 34.5. The first-order valence-electron chi connectivity index (χ1n) is 12.1. The zero-order chi connectivity index (χ0) is 23.3. The molecule has 0 unspecified atom stereocenters. The number of hydrogen-bond acceptors (Lipinski definition) is 2. The van der Waals surface area contributed by atoms with Gasteiger partial charge in [0.05, 0.1) is 0 Å². The van der Waals surface area contributed by atoms with Crippen LogP contribution in [0.3, 0.4) is 0 Å². The largest absolute Gasteiger partial charge is 0.456 e. The molecule has 1 aliphatic carbocycles. The predicted molar refractivity (Wildman–Crippen MR) is 144 cm³/mol. The Morgan fingerprint density at radius 2 is 1.14 bits per heavy atom. The van der Waals surface area contributed by atoms with Crippen LogP contribution in [0.1, 0.15) is 25.0 Å². The van der Waals surface area contributed by atoms with Crippen molar-refractivity contribution in [2.75, 3.05) is 0 Å². The maximum Gasteiger partial charge on any atom is 0.143 e. The number of benzene rings is 5. The van der Waals surface area contributed by atoms with Crippen LogP contribution in [0.25, 0.3) is 66.1 Å². The molecule has 0 N–H and O–H groups in total. The Labute approximate surface area is 202 Å². The van der Waals surface area contributed by atoms with Gasteiger partial charge in [0.15, 0.2) is 0 Å². The topological polar surface area (TPSA) is 26.3 Å². The van der Waals surface area contributed by atoms with Gasteiger partial charge in [0.1, 0.15) is 22.3 Å². The van der Waals surface area contributed by atoms with E-state index < -0.39 is 0 Å². The van der Waals surface area contributed by atoms with Gasteiger partial charge in [-0.2, -0.15) is 0 Å². The van der Waals surface area contributed by atoms with E-state index in [1.165, 1.54) is 44.2 Å². The molecule has 0 amide bonds. The second kappa shape index (κ2) is 6.43. The van der Waals surface area contributed by atoms with Crippen LogP contribution in [0, 0.1) is 0 Å². The third kappa shape index (κ3) is 2.44. The lowest BCUT2D eigenvalue weighted by Gasteiger charge is -2.21. The minimum absolute atomic E-state index is 0.0823. The second-order valence-corrected chi connectivity index (χ2v) is 10.2. The van der Waals surface area contributed by atoms with E-state index in [9.17, 15) is 0 Å². The van der Waals surface area contributed by atoms with Gasteiger partial charge in [0, 0.05) is 32.5 Å². The summed E-state index contributed by atoms with van der Waals surface area (Å²) in [6.07, 6.45) is 0. The third-order valence-electron chi connectivity index (χ3n) is 7.89. The number of rotatable bonds is 1. The van der Waals surface area contributed by atoms with E-state index in [1.54, 1.807) is 0 Å². The van der Waals surface area contributed by atoms with Crippen molar-refractivity contribution in [1.82, 2.24) is 0 Å². The molecule has 0 spiro atoms. The molecule has 5 aromatic carbocycles. The molecule has 0 atom stereocenters. The van der Waals surface area contributed by atoms with Crippen LogP contribution < -0.4 is 0 Å². The Morgan fingerprint density at radius 1 is 0.514 bits per heavy atom. The monoisotopic (exact) mass is 450 g/mol. The van der Waals surface area contributed by atoms with Gasteiger partial charge < -0.3 is 8.83 Å². The van der Waals surface area contributed by atoms with Crippen molar-refractivity contribution in [3.8, 4) is 22.3 Å². The zero-order valence-electron chi connectivity index (χ0n) is 19.6. The van der Waals surface area contributed by atoms with Crippen LogP contribution in [-0.2, 0) is 5.41 Å². The molecule has 0 aliphatic heterocycles. The molecule has 2 heteroatoms. The molecule has 8 rings (SSSR count). The fourth-order valence-corrected chi connectivity index (χ4v) is 6.10. The molecule has 1 aliphatic rings. The SMILES string of the molecule is CC1(C)c2ccc(-c3ccc4oc5ccccc5c4c3)cc2-c2c1ccc1c2oc2ccccc21. The van der Waals surface area contributed by atoms with Gasteiger partial charge in [-0.1, -0.05) is 80.6 Å². The molecule has 166 valence electrons. The fourth-order valence-electron chi connectivity index (χ4n) is 6.10. The maximum atomic E-state index is 6.47. The molecule has 35 heavy (non-hydrogen) atoms. The molecule has 7 aromatic rings. The lowest BCUT2D eigenvalue weighted by molar-refractivity contribution is 0.653. The highest BCUT2D eigenvalue weighted by Crippen LogP contribution is 2.53. The molecule has 2 heterocycles. The minimum atomic E-state index is -0.0823. The van der Waals surface area contributed by atoms with Crippen molar-refractivity contribution in [1.29, 1.82) is 0 Å². The average Bonchev–Trinajstić information content (AvgIpc) is 3.52. The first-order chi connectivity index (χ1) is 17.1. The van der Waals surface area contributed by atoms with Gasteiger partial charge in [-0.15, -0.1) is 0 Å². The molecule has 0 saturated carbocycles. The Hall–Kier alpha value is -4.30. The average molecular weight is 451 g/mol. The van der Waals surface area contributed by atoms with E-state index in [-0.39, 0.29) is 5.41 Å². The van der Waals surface area contributed by atoms with Crippen LogP contribution in [0.5, 0.6) is 0 Å². The smallest absolute Gasteiger partial charge is 0.143 e. The summed E-state index contributed by atoms with van der Waals surface area (Å²) in [7, 11) is 0. The second-order valence-electron chi connectivity index (χ2n) is 10.2. The zero-order valence-corrected chi connectivity index (χ0v) is 19.6. The Morgan fingerprint density at radius 3 is 1.97 bits per heavy atom. The quantitative estimate of drug-likeness (QED) is 0.249. The maximum absolute atomic E-state index is 6.47. The van der Waals surface area contributed by atoms with E-state index in [0.717, 1.165) is 33.1 Å². The van der Waals surface area contributed by atoms with Crippen molar-refractivity contribution in [2.24, 2.45) is 0 Å². The van der Waals surface area contributed by atoms with Gasteiger partial charge >= 0.3 is 0 Å². The Balaban J connectivity index is 1.39. The van der Waals surface area contributed by atoms with E-state index in [2.05, 4.69) is 92.7 Å². The molecule has 0 bridgehead atoms. The third-order valence-corrected chi connectivity index (χ3v) is 7.89. The molecular formula is C33H22O2. The molecule has 0 fully saturated rings. The first kappa shape index (κ1) is 19.1. The number of fused-ring (bicyclic) bond motifs is 10. The number of para-hydroxylation sites is 2. The van der Waals surface area contributed by atoms with Crippen molar-refractivity contribution in [3.05, 3.63) is 108 Å². The Kier molecular flexibility index (Phi) is 3.50. The van der Waals surface area contributed by atoms with Crippen LogP contribution in [-0.4, -0.2) is 0 Å². The molecule has 0 radical (unpaired) electrons. The van der Waals surface area contributed by atoms with E-state index in [0.29, 0.717) is 0 Å². The van der Waals surface area contributed by atoms with E-state index >= 15 is 0 Å². The van der Waals surface area contributed by atoms with Gasteiger partial charge in [-0.05, 0) is 58.1 Å². The van der Waals surface area contributed by atoms with Crippen LogP contribution >= 0.6 is 0 Å². The lowest BCUT2D eigenvalue weighted by atomic mass is 9.82. The van der Waals surface area contributed by atoms with Crippen molar-refractivity contribution >= 4 is 43.9 Å². The molecular weight excluding hydrogens is 428 g/mol. The van der Waals surface area contributed by atoms with Crippen LogP contribution in [0.15, 0.2) is 106 Å². The van der Waals surface area contributed by atoms with Gasteiger partial charge in [0.25, 0.3) is 0 Å². The molecule has 2 nitrogen and oxygen atoms in total. The highest BCUT2D eigenvalue weighted by molar-refractivity contribution is 6.12. The fraction of sp³-hybridized carbons (Fsp3) is 0.0909. The first-order valence-corrected chi connectivity index (χ1v) is 12.1. The van der Waals surface area contributed by atoms with Gasteiger partial charge in [0.2, 0.25) is 0 Å². The summed E-state index contributed by atoms with van der Waals surface area (Å²) < 4.78 is 12.5. The van der Waals surface area contributed by atoms with E-state index in [1.807, 2.05) is 18.2 Å². The molecule has 0 saturated heterocycles. The van der Waals surface area contributed by atoms with Gasteiger partial charge in [-0.25, -0.2) is 0 Å². The van der Waals surface area contributed by atoms with Gasteiger partial charge in [-0.3, -0.25) is 0 Å². The van der Waals surface area contributed by atoms with Crippen molar-refractivity contribution in [3.63, 3.8) is 0 Å². The minimum Gasteiger partial charge on any atom is -0.456 e. The molecule has 2 aromatic heterocycles. The summed E-state index contributed by atoms with van der Waals surface area (Å²) in [4.78, 5) is 0. The predicted octanol–water partition coefficient (Wildman–Crippen LogP) is 9.46. The number of furan rings is 2. The summed E-state index contributed by atoms with van der Waals surface area (Å²) in [5, 5.41) is 4.66. The van der Waals surface area contributed by atoms with Crippen LogP contribution in [0.4, 0.5) is 0 Å². The standard InChI is InChI=1S/C33H22O2/c1-33(2)26-14-11-19(20-12-16-30-24(17-20)22-8-4-5-9-28(22)34-30)18-25(26)31-27(33)15-13-23-21-7-3-6-10-29(21)35-32(23)31/h3-18H,1-2H3. The summed E-state index contributed by atoms with van der Waals surface area (Å²) >= 11 is 0. The van der Waals surface area contributed by atoms with Crippen molar-refractivity contribution < 1.29 is 8.83 Å². The highest BCUT2D eigenvalue weighted by atomic mass is 16.3. The number of hydrogen-bond donors (Lipinski definition) is 0. The lowest BCUT2D eigenvalue weighted by Crippen LogP contribution is -2.14. The summed E-state index contributed by atoms with van der Waals surface area (Å²) in [6.45, 7) is 4.63. The van der Waals surface area contributed by atoms with E-state index in [4.69, 9.17) is 8.83 Å². The Bertz CT molecular complexity index is 1980. The summed E-state index contributed by atoms with van der Waals surface area (Å²) in [5.74, 6) is 0. The van der Waals surface area contributed by atoms with Crippen LogP contribution in [0.2, 0.25) is 0 Å². The normalized spacial score (nSPS) is 14.2. The van der Waals surface area contributed by atoms with Crippen molar-refractivity contribution in [2.45, 2.75) is 19.3 Å². The summed E-state index contributed by atoms with van der Waals surface area (Å²) in [5.41, 5.74) is 11.3.